The van der Waals surface area contributed by atoms with Crippen LogP contribution in [0.15, 0.2) is 52.9 Å². The summed E-state index contributed by atoms with van der Waals surface area (Å²) < 4.78 is 45.3. The highest BCUT2D eigenvalue weighted by Crippen LogP contribution is 2.24. The predicted molar refractivity (Wildman–Crippen MR) is 112 cm³/mol. The van der Waals surface area contributed by atoms with Gasteiger partial charge in [-0.15, -0.1) is 0 Å². The molecule has 0 saturated heterocycles. The average molecular weight is 419 g/mol. The van der Waals surface area contributed by atoms with Crippen molar-refractivity contribution in [1.82, 2.24) is 0 Å². The second-order valence-corrected chi connectivity index (χ2v) is 7.82. The molecule has 0 amide bonds. The summed E-state index contributed by atoms with van der Waals surface area (Å²) >= 11 is 0. The summed E-state index contributed by atoms with van der Waals surface area (Å²) in [6, 6.07) is 17.5. The summed E-state index contributed by atoms with van der Waals surface area (Å²) in [5.41, 5.74) is 4.60. The fourth-order valence-electron chi connectivity index (χ4n) is 4.03. The minimum Gasteiger partial charge on any atom is -0.456 e. The van der Waals surface area contributed by atoms with Crippen molar-refractivity contribution in [3.63, 3.8) is 0 Å². The predicted octanol–water partition coefficient (Wildman–Crippen LogP) is 5.33. The molecule has 160 valence electrons. The molecule has 0 aliphatic heterocycles. The number of benzene rings is 2. The van der Waals surface area contributed by atoms with Crippen molar-refractivity contribution in [3.8, 4) is 11.3 Å². The topological polar surface area (TPSA) is 27.1 Å². The van der Waals surface area contributed by atoms with E-state index in [1.165, 1.54) is 54.0 Å². The Morgan fingerprint density at radius 3 is 2.17 bits per heavy atom. The molecule has 0 radical (unpaired) electrons. The zero-order chi connectivity index (χ0) is 21.7. The van der Waals surface area contributed by atoms with Crippen molar-refractivity contribution in [2.75, 3.05) is 0 Å². The standard InChI is InChI=1S/C23H25NO.BF4/c1-16-13-17(2)23-20(24-19-11-7-4-8-12-19)15-21(25-22(23)14-16)18-9-5-3-6-10-18;2-1(3,4)5/h3,5-6,9-10,13-15,19H,4,7-8,11-12H2,1-2H3;/q;-1/p+1. The summed E-state index contributed by atoms with van der Waals surface area (Å²) in [4.78, 5) is 3.83. The quantitative estimate of drug-likeness (QED) is 0.441. The molecule has 1 aromatic heterocycles. The molecule has 4 rings (SSSR count). The zero-order valence-corrected chi connectivity index (χ0v) is 17.2. The molecule has 1 saturated carbocycles. The molecule has 0 spiro atoms. The highest BCUT2D eigenvalue weighted by Gasteiger charge is 2.20. The van der Waals surface area contributed by atoms with Crippen LogP contribution in [0.4, 0.5) is 17.3 Å². The lowest BCUT2D eigenvalue weighted by atomic mass is 9.96. The van der Waals surface area contributed by atoms with Gasteiger partial charge in [-0.3, -0.25) is 0 Å². The minimum absolute atomic E-state index is 0.573. The van der Waals surface area contributed by atoms with Gasteiger partial charge in [0.1, 0.15) is 11.3 Å². The molecule has 30 heavy (non-hydrogen) atoms. The molecule has 1 aliphatic rings. The van der Waals surface area contributed by atoms with Gasteiger partial charge in [0.15, 0.2) is 6.04 Å². The molecule has 2 aromatic carbocycles. The molecule has 0 unspecified atom stereocenters. The van der Waals surface area contributed by atoms with Crippen LogP contribution in [0, 0.1) is 13.8 Å². The molecule has 7 heteroatoms. The SMILES string of the molecule is Cc1cc(C)c2c(=[NH+]C3CCCCC3)cc(-c3ccccc3)oc2c1.F[B-](F)(F)F. The number of nitrogens with one attached hydrogen (secondary N) is 1. The molecule has 0 bridgehead atoms. The number of rotatable bonds is 2. The molecule has 0 atom stereocenters. The van der Waals surface area contributed by atoms with Gasteiger partial charge < -0.3 is 21.7 Å². The van der Waals surface area contributed by atoms with E-state index in [9.17, 15) is 17.3 Å². The van der Waals surface area contributed by atoms with E-state index in [2.05, 4.69) is 61.3 Å². The maximum atomic E-state index is 9.75. The summed E-state index contributed by atoms with van der Waals surface area (Å²) in [7, 11) is -6.00. The maximum Gasteiger partial charge on any atom is 0.673 e. The Labute approximate surface area is 173 Å². The Morgan fingerprint density at radius 2 is 1.53 bits per heavy atom. The van der Waals surface area contributed by atoms with E-state index in [4.69, 9.17) is 4.42 Å². The summed E-state index contributed by atoms with van der Waals surface area (Å²) in [5.74, 6) is 0.927. The van der Waals surface area contributed by atoms with E-state index in [0.717, 1.165) is 16.9 Å². The first-order chi connectivity index (χ1) is 14.2. The van der Waals surface area contributed by atoms with Crippen LogP contribution in [0.25, 0.3) is 22.3 Å². The lowest BCUT2D eigenvalue weighted by Crippen LogP contribution is -2.83. The summed E-state index contributed by atoms with van der Waals surface area (Å²) in [5, 5.41) is 2.43. The van der Waals surface area contributed by atoms with Crippen LogP contribution in [0.2, 0.25) is 0 Å². The minimum atomic E-state index is -6.00. The van der Waals surface area contributed by atoms with Gasteiger partial charge in [0.05, 0.1) is 11.5 Å². The van der Waals surface area contributed by atoms with Gasteiger partial charge in [-0.25, -0.2) is 4.99 Å². The first kappa shape index (κ1) is 22.1. The normalized spacial score (nSPS) is 15.7. The molecule has 1 N–H and O–H groups in total. The number of fused-ring (bicyclic) bond motifs is 1. The van der Waals surface area contributed by atoms with Gasteiger partial charge >= 0.3 is 7.25 Å². The molecule has 1 heterocycles. The summed E-state index contributed by atoms with van der Waals surface area (Å²) in [6.07, 6.45) is 6.56. The number of halogens is 4. The van der Waals surface area contributed by atoms with E-state index in [-0.39, 0.29) is 0 Å². The van der Waals surface area contributed by atoms with E-state index in [1.807, 2.05) is 6.07 Å². The Morgan fingerprint density at radius 1 is 0.900 bits per heavy atom. The maximum absolute atomic E-state index is 9.75. The zero-order valence-electron chi connectivity index (χ0n) is 17.2. The Bertz CT molecular complexity index is 1050. The monoisotopic (exact) mass is 419 g/mol. The van der Waals surface area contributed by atoms with Crippen molar-refractivity contribution in [1.29, 1.82) is 0 Å². The summed E-state index contributed by atoms with van der Waals surface area (Å²) in [6.45, 7) is 4.31. The molecule has 2 nitrogen and oxygen atoms in total. The lowest BCUT2D eigenvalue weighted by molar-refractivity contribution is -0.546. The van der Waals surface area contributed by atoms with Crippen molar-refractivity contribution in [2.24, 2.45) is 0 Å². The second kappa shape index (κ2) is 9.50. The first-order valence-electron chi connectivity index (χ1n) is 10.3. The van der Waals surface area contributed by atoms with Crippen molar-refractivity contribution in [3.05, 3.63) is 65.0 Å². The Balaban J connectivity index is 0.000000461. The van der Waals surface area contributed by atoms with E-state index in [1.54, 1.807) is 0 Å². The van der Waals surface area contributed by atoms with Crippen LogP contribution in [-0.4, -0.2) is 13.3 Å². The van der Waals surface area contributed by atoms with Gasteiger partial charge in [-0.2, -0.15) is 0 Å². The molecular weight excluding hydrogens is 393 g/mol. The van der Waals surface area contributed by atoms with Crippen LogP contribution < -0.4 is 10.3 Å². The van der Waals surface area contributed by atoms with Crippen molar-refractivity contribution < 1.29 is 26.7 Å². The molecular formula is C23H26BF4NO. The van der Waals surface area contributed by atoms with Crippen LogP contribution in [0.3, 0.4) is 0 Å². The highest BCUT2D eigenvalue weighted by atomic mass is 19.5. The van der Waals surface area contributed by atoms with Gasteiger partial charge in [-0.1, -0.05) is 42.8 Å². The third-order valence-corrected chi connectivity index (χ3v) is 5.23. The first-order valence-corrected chi connectivity index (χ1v) is 10.3. The van der Waals surface area contributed by atoms with Gasteiger partial charge in [0.2, 0.25) is 5.36 Å². The number of hydrogen-bond acceptors (Lipinski definition) is 1. The van der Waals surface area contributed by atoms with Crippen molar-refractivity contribution >= 4 is 18.2 Å². The van der Waals surface area contributed by atoms with Crippen LogP contribution >= 0.6 is 0 Å². The van der Waals surface area contributed by atoms with Gasteiger partial charge in [0.25, 0.3) is 0 Å². The fraction of sp³-hybridized carbons (Fsp3) is 0.348. The van der Waals surface area contributed by atoms with Crippen molar-refractivity contribution in [2.45, 2.75) is 52.0 Å². The van der Waals surface area contributed by atoms with E-state index < -0.39 is 7.25 Å². The molecule has 1 aliphatic carbocycles. The van der Waals surface area contributed by atoms with E-state index >= 15 is 0 Å². The molecule has 1 fully saturated rings. The highest BCUT2D eigenvalue weighted by molar-refractivity contribution is 6.50. The van der Waals surface area contributed by atoms with E-state index in [0.29, 0.717) is 6.04 Å². The molecule has 3 aromatic rings. The third kappa shape index (κ3) is 6.21. The largest absolute Gasteiger partial charge is 0.673 e. The number of hydrogen-bond donors (Lipinski definition) is 1. The smallest absolute Gasteiger partial charge is 0.456 e. The Kier molecular flexibility index (Phi) is 7.00. The van der Waals surface area contributed by atoms with Crippen LogP contribution in [-0.2, 0) is 0 Å². The Hall–Kier alpha value is -2.57. The number of aryl methyl sites for hydroxylation is 2. The van der Waals surface area contributed by atoms with Gasteiger partial charge in [-0.05, 0) is 43.9 Å². The second-order valence-electron chi connectivity index (χ2n) is 7.82. The van der Waals surface area contributed by atoms with Gasteiger partial charge in [0, 0.05) is 18.4 Å². The third-order valence-electron chi connectivity index (χ3n) is 5.23. The van der Waals surface area contributed by atoms with Crippen LogP contribution in [0.5, 0.6) is 0 Å². The lowest BCUT2D eigenvalue weighted by Gasteiger charge is -2.13. The van der Waals surface area contributed by atoms with Crippen LogP contribution in [0.1, 0.15) is 43.2 Å². The average Bonchev–Trinajstić information content (AvgIpc) is 2.67. The fourth-order valence-corrected chi connectivity index (χ4v) is 4.03.